The van der Waals surface area contributed by atoms with E-state index in [9.17, 15) is 4.79 Å². The van der Waals surface area contributed by atoms with Crippen molar-refractivity contribution in [1.29, 1.82) is 0 Å². The largest absolute Gasteiger partial charge is 0.497 e. The first kappa shape index (κ1) is 19.4. The first-order valence-electron chi connectivity index (χ1n) is 9.12. The number of carbonyl (C=O) groups excluding carboxylic acids is 1. The maximum atomic E-state index is 12.6. The molecule has 0 saturated carbocycles. The van der Waals surface area contributed by atoms with Crippen LogP contribution in [-0.4, -0.2) is 36.6 Å². The molecule has 6 heteroatoms. The fraction of sp³-hybridized carbons (Fsp3) is 0.227. The number of amides is 1. The number of hydrogen-bond acceptors (Lipinski definition) is 5. The smallest absolute Gasteiger partial charge is 0.270 e. The number of anilines is 2. The highest BCUT2D eigenvalue weighted by molar-refractivity contribution is 5.93. The van der Waals surface area contributed by atoms with E-state index < -0.39 is 0 Å². The van der Waals surface area contributed by atoms with E-state index in [0.29, 0.717) is 30.3 Å². The Morgan fingerprint density at radius 2 is 1.86 bits per heavy atom. The normalized spacial score (nSPS) is 10.4. The van der Waals surface area contributed by atoms with Crippen LogP contribution in [0, 0.1) is 6.92 Å². The Morgan fingerprint density at radius 3 is 2.61 bits per heavy atom. The molecule has 0 aliphatic heterocycles. The van der Waals surface area contributed by atoms with Crippen LogP contribution in [0.15, 0.2) is 60.7 Å². The predicted octanol–water partition coefficient (Wildman–Crippen LogP) is 3.53. The quantitative estimate of drug-likeness (QED) is 0.683. The summed E-state index contributed by atoms with van der Waals surface area (Å²) in [4.78, 5) is 23.3. The van der Waals surface area contributed by atoms with Crippen molar-refractivity contribution in [2.45, 2.75) is 13.3 Å². The van der Waals surface area contributed by atoms with E-state index in [0.717, 1.165) is 17.0 Å². The molecule has 1 amide bonds. The minimum Gasteiger partial charge on any atom is -0.497 e. The Balaban J connectivity index is 1.67. The van der Waals surface area contributed by atoms with Crippen LogP contribution >= 0.6 is 0 Å². The fourth-order valence-electron chi connectivity index (χ4n) is 2.86. The van der Waals surface area contributed by atoms with Gasteiger partial charge in [-0.2, -0.15) is 0 Å². The van der Waals surface area contributed by atoms with Crippen molar-refractivity contribution in [2.75, 3.05) is 25.6 Å². The second-order valence-corrected chi connectivity index (χ2v) is 6.41. The molecule has 0 spiro atoms. The molecule has 0 radical (unpaired) electrons. The molecule has 144 valence electrons. The standard InChI is InChI=1S/C22H24N4O2/c1-16-24-20(15-21(25-16)26(2)18-9-5-4-6-10-18)22(27)23-13-12-17-8-7-11-19(14-17)28-3/h4-11,14-15H,12-13H2,1-3H3,(H,23,27). The van der Waals surface area contributed by atoms with Gasteiger partial charge in [0.2, 0.25) is 0 Å². The molecule has 0 unspecified atom stereocenters. The first-order chi connectivity index (χ1) is 13.6. The number of nitrogens with one attached hydrogen (secondary N) is 1. The molecule has 0 fully saturated rings. The summed E-state index contributed by atoms with van der Waals surface area (Å²) in [7, 11) is 3.56. The van der Waals surface area contributed by atoms with Crippen molar-refractivity contribution in [1.82, 2.24) is 15.3 Å². The monoisotopic (exact) mass is 376 g/mol. The SMILES string of the molecule is COc1cccc(CCNC(=O)c2cc(N(C)c3ccccc3)nc(C)n2)c1. The molecule has 28 heavy (non-hydrogen) atoms. The predicted molar refractivity (Wildman–Crippen MR) is 110 cm³/mol. The lowest BCUT2D eigenvalue weighted by Crippen LogP contribution is -2.27. The van der Waals surface area contributed by atoms with Crippen molar-refractivity contribution in [3.8, 4) is 5.75 Å². The van der Waals surface area contributed by atoms with Crippen LogP contribution < -0.4 is 15.0 Å². The lowest BCUT2D eigenvalue weighted by atomic mass is 10.1. The molecular formula is C22H24N4O2. The van der Waals surface area contributed by atoms with Gasteiger partial charge >= 0.3 is 0 Å². The van der Waals surface area contributed by atoms with Crippen molar-refractivity contribution >= 4 is 17.4 Å². The van der Waals surface area contributed by atoms with Gasteiger partial charge in [-0.1, -0.05) is 30.3 Å². The van der Waals surface area contributed by atoms with E-state index in [1.165, 1.54) is 0 Å². The molecule has 0 atom stereocenters. The Hall–Kier alpha value is -3.41. The van der Waals surface area contributed by atoms with Crippen molar-refractivity contribution in [3.05, 3.63) is 77.7 Å². The summed E-state index contributed by atoms with van der Waals surface area (Å²) in [6, 6.07) is 19.4. The van der Waals surface area contributed by atoms with Gasteiger partial charge in [0.25, 0.3) is 5.91 Å². The molecule has 1 heterocycles. The zero-order chi connectivity index (χ0) is 19.9. The van der Waals surface area contributed by atoms with Gasteiger partial charge in [-0.15, -0.1) is 0 Å². The number of ether oxygens (including phenoxy) is 1. The summed E-state index contributed by atoms with van der Waals surface area (Å²) in [6.07, 6.45) is 0.712. The van der Waals surface area contributed by atoms with Crippen LogP contribution in [0.2, 0.25) is 0 Å². The van der Waals surface area contributed by atoms with E-state index in [2.05, 4.69) is 15.3 Å². The number of para-hydroxylation sites is 1. The van der Waals surface area contributed by atoms with Gasteiger partial charge in [-0.3, -0.25) is 4.79 Å². The zero-order valence-electron chi connectivity index (χ0n) is 16.3. The molecule has 1 N–H and O–H groups in total. The van der Waals surface area contributed by atoms with Crippen LogP contribution in [0.1, 0.15) is 21.9 Å². The minimum absolute atomic E-state index is 0.212. The van der Waals surface area contributed by atoms with Gasteiger partial charge in [-0.25, -0.2) is 9.97 Å². The second-order valence-electron chi connectivity index (χ2n) is 6.41. The highest BCUT2D eigenvalue weighted by Gasteiger charge is 2.13. The molecule has 3 rings (SSSR count). The van der Waals surface area contributed by atoms with Crippen LogP contribution in [0.3, 0.4) is 0 Å². The topological polar surface area (TPSA) is 67.3 Å². The fourth-order valence-corrected chi connectivity index (χ4v) is 2.86. The molecule has 0 saturated heterocycles. The van der Waals surface area contributed by atoms with E-state index in [1.807, 2.05) is 66.5 Å². The lowest BCUT2D eigenvalue weighted by molar-refractivity contribution is 0.0949. The number of methoxy groups -OCH3 is 1. The number of benzene rings is 2. The highest BCUT2D eigenvalue weighted by Crippen LogP contribution is 2.21. The number of hydrogen-bond donors (Lipinski definition) is 1. The maximum absolute atomic E-state index is 12.6. The molecule has 1 aromatic heterocycles. The summed E-state index contributed by atoms with van der Waals surface area (Å²) < 4.78 is 5.23. The molecule has 0 bridgehead atoms. The Kier molecular flexibility index (Phi) is 6.22. The van der Waals surface area contributed by atoms with Crippen molar-refractivity contribution in [2.24, 2.45) is 0 Å². The number of carbonyl (C=O) groups is 1. The van der Waals surface area contributed by atoms with Crippen LogP contribution in [0.4, 0.5) is 11.5 Å². The Labute approximate surface area is 165 Å². The Bertz CT molecular complexity index is 944. The van der Waals surface area contributed by atoms with Crippen LogP contribution in [-0.2, 0) is 6.42 Å². The average molecular weight is 376 g/mol. The number of rotatable bonds is 7. The molecule has 3 aromatic rings. The summed E-state index contributed by atoms with van der Waals surface area (Å²) in [5, 5.41) is 2.93. The van der Waals surface area contributed by atoms with Gasteiger partial charge in [0, 0.05) is 25.3 Å². The van der Waals surface area contributed by atoms with Gasteiger partial charge in [0.05, 0.1) is 7.11 Å². The third-order valence-corrected chi connectivity index (χ3v) is 4.38. The molecular weight excluding hydrogens is 352 g/mol. The van der Waals surface area contributed by atoms with Gasteiger partial charge in [-0.05, 0) is 43.2 Å². The van der Waals surface area contributed by atoms with E-state index in [4.69, 9.17) is 4.74 Å². The molecule has 0 aliphatic rings. The number of aromatic nitrogens is 2. The van der Waals surface area contributed by atoms with Crippen LogP contribution in [0.25, 0.3) is 0 Å². The third kappa shape index (κ3) is 4.85. The highest BCUT2D eigenvalue weighted by atomic mass is 16.5. The van der Waals surface area contributed by atoms with Crippen molar-refractivity contribution < 1.29 is 9.53 Å². The lowest BCUT2D eigenvalue weighted by Gasteiger charge is -2.19. The minimum atomic E-state index is -0.212. The third-order valence-electron chi connectivity index (χ3n) is 4.38. The molecule has 0 aliphatic carbocycles. The molecule has 6 nitrogen and oxygen atoms in total. The van der Waals surface area contributed by atoms with Crippen LogP contribution in [0.5, 0.6) is 5.75 Å². The van der Waals surface area contributed by atoms with Gasteiger partial charge in [0.15, 0.2) is 0 Å². The zero-order valence-corrected chi connectivity index (χ0v) is 16.3. The summed E-state index contributed by atoms with van der Waals surface area (Å²) >= 11 is 0. The van der Waals surface area contributed by atoms with Gasteiger partial charge < -0.3 is 15.0 Å². The summed E-state index contributed by atoms with van der Waals surface area (Å²) in [6.45, 7) is 2.30. The first-order valence-corrected chi connectivity index (χ1v) is 9.12. The number of aryl methyl sites for hydroxylation is 1. The van der Waals surface area contributed by atoms with E-state index in [-0.39, 0.29) is 5.91 Å². The number of nitrogens with zero attached hydrogens (tertiary/aromatic N) is 3. The van der Waals surface area contributed by atoms with E-state index >= 15 is 0 Å². The van der Waals surface area contributed by atoms with E-state index in [1.54, 1.807) is 20.1 Å². The average Bonchev–Trinajstić information content (AvgIpc) is 2.73. The Morgan fingerprint density at radius 1 is 1.07 bits per heavy atom. The van der Waals surface area contributed by atoms with Gasteiger partial charge in [0.1, 0.15) is 23.1 Å². The maximum Gasteiger partial charge on any atom is 0.270 e. The second kappa shape index (κ2) is 8.99. The molecule has 2 aromatic carbocycles. The summed E-state index contributed by atoms with van der Waals surface area (Å²) in [5.74, 6) is 1.83. The summed E-state index contributed by atoms with van der Waals surface area (Å²) in [5.41, 5.74) is 2.45. The van der Waals surface area contributed by atoms with Crippen molar-refractivity contribution in [3.63, 3.8) is 0 Å².